The van der Waals surface area contributed by atoms with E-state index in [-0.39, 0.29) is 12.6 Å². The van der Waals surface area contributed by atoms with E-state index in [2.05, 4.69) is 10.00 Å². The van der Waals surface area contributed by atoms with Crippen molar-refractivity contribution >= 4 is 32.8 Å². The monoisotopic (exact) mass is 433 g/mol. The summed E-state index contributed by atoms with van der Waals surface area (Å²) in [6, 6.07) is 13.5. The van der Waals surface area contributed by atoms with Crippen LogP contribution in [0.25, 0.3) is 21.6 Å². The van der Waals surface area contributed by atoms with Gasteiger partial charge in [0, 0.05) is 31.0 Å². The lowest BCUT2D eigenvalue weighted by molar-refractivity contribution is 0.0490. The number of rotatable bonds is 6. The molecule has 1 fully saturated rings. The summed E-state index contributed by atoms with van der Waals surface area (Å²) in [7, 11) is 0. The van der Waals surface area contributed by atoms with Crippen LogP contribution in [0.2, 0.25) is 0 Å². The molecular weight excluding hydrogens is 410 g/mol. The van der Waals surface area contributed by atoms with Crippen molar-refractivity contribution in [3.8, 4) is 11.3 Å². The number of carbonyl (C=O) groups excluding carboxylic acids is 1. The zero-order valence-corrected chi connectivity index (χ0v) is 17.9. The fraction of sp³-hybridized carbons (Fsp3) is 0.304. The van der Waals surface area contributed by atoms with Crippen LogP contribution in [-0.4, -0.2) is 45.4 Å². The number of benzene rings is 1. The molecule has 0 unspecified atom stereocenters. The van der Waals surface area contributed by atoms with Crippen molar-refractivity contribution in [2.75, 3.05) is 24.6 Å². The number of pyridine rings is 1. The second-order valence-electron chi connectivity index (χ2n) is 7.52. The van der Waals surface area contributed by atoms with Crippen LogP contribution in [0.3, 0.4) is 0 Å². The minimum Gasteiger partial charge on any atom is -0.460 e. The molecule has 0 amide bonds. The number of hydrogen-bond donors (Lipinski definition) is 0. The molecule has 4 heterocycles. The zero-order chi connectivity index (χ0) is 21.0. The minimum absolute atomic E-state index is 0.253. The van der Waals surface area contributed by atoms with Gasteiger partial charge in [0.1, 0.15) is 6.61 Å². The summed E-state index contributed by atoms with van der Waals surface area (Å²) in [6.07, 6.45) is 7.15. The molecule has 7 nitrogen and oxygen atoms in total. The Hall–Kier alpha value is -3.26. The molecule has 0 atom stereocenters. The summed E-state index contributed by atoms with van der Waals surface area (Å²) in [5.41, 5.74) is 2.79. The third-order valence-electron chi connectivity index (χ3n) is 5.38. The van der Waals surface area contributed by atoms with E-state index in [0.717, 1.165) is 34.2 Å². The average Bonchev–Trinajstić information content (AvgIpc) is 3.49. The molecule has 8 heteroatoms. The predicted molar refractivity (Wildman–Crippen MR) is 121 cm³/mol. The van der Waals surface area contributed by atoms with Crippen LogP contribution in [0.5, 0.6) is 0 Å². The van der Waals surface area contributed by atoms with Crippen LogP contribution in [0.15, 0.2) is 54.9 Å². The van der Waals surface area contributed by atoms with Gasteiger partial charge in [0.25, 0.3) is 0 Å². The number of nitrogens with zero attached hydrogens (tertiary/aromatic N) is 5. The van der Waals surface area contributed by atoms with Gasteiger partial charge in [-0.3, -0.25) is 4.68 Å². The van der Waals surface area contributed by atoms with E-state index < -0.39 is 0 Å². The van der Waals surface area contributed by atoms with E-state index in [0.29, 0.717) is 17.8 Å². The summed E-state index contributed by atoms with van der Waals surface area (Å²) in [5.74, 6) is -0.356. The Morgan fingerprint density at radius 2 is 1.90 bits per heavy atom. The van der Waals surface area contributed by atoms with Crippen molar-refractivity contribution in [3.63, 3.8) is 0 Å². The van der Waals surface area contributed by atoms with Crippen LogP contribution >= 0.6 is 11.3 Å². The van der Waals surface area contributed by atoms with Crippen molar-refractivity contribution in [1.29, 1.82) is 0 Å². The molecule has 0 bridgehead atoms. The van der Waals surface area contributed by atoms with E-state index in [1.165, 1.54) is 30.6 Å². The van der Waals surface area contributed by atoms with Crippen LogP contribution < -0.4 is 4.90 Å². The largest absolute Gasteiger partial charge is 0.460 e. The third kappa shape index (κ3) is 4.29. The van der Waals surface area contributed by atoms with Gasteiger partial charge in [-0.2, -0.15) is 10.1 Å². The summed E-state index contributed by atoms with van der Waals surface area (Å²) in [5, 5.41) is 5.08. The Kier molecular flexibility index (Phi) is 5.62. The van der Waals surface area contributed by atoms with Gasteiger partial charge in [0.2, 0.25) is 0 Å². The van der Waals surface area contributed by atoms with Crippen LogP contribution in [0, 0.1) is 0 Å². The molecule has 4 aromatic rings. The van der Waals surface area contributed by atoms with E-state index in [9.17, 15) is 4.79 Å². The van der Waals surface area contributed by atoms with Crippen molar-refractivity contribution in [1.82, 2.24) is 19.7 Å². The van der Waals surface area contributed by atoms with Gasteiger partial charge in [0.05, 0.1) is 22.5 Å². The quantitative estimate of drug-likeness (QED) is 0.420. The van der Waals surface area contributed by atoms with E-state index >= 15 is 0 Å². The average molecular weight is 434 g/mol. The van der Waals surface area contributed by atoms with E-state index in [1.54, 1.807) is 10.9 Å². The normalized spacial score (nSPS) is 14.1. The first-order chi connectivity index (χ1) is 15.3. The summed E-state index contributed by atoms with van der Waals surface area (Å²) < 4.78 is 8.12. The number of hydrogen-bond acceptors (Lipinski definition) is 7. The maximum Gasteiger partial charge on any atom is 0.339 e. The Balaban J connectivity index is 1.48. The lowest BCUT2D eigenvalue weighted by atomic mass is 10.1. The van der Waals surface area contributed by atoms with Gasteiger partial charge in [-0.05, 0) is 31.4 Å². The van der Waals surface area contributed by atoms with Crippen molar-refractivity contribution in [3.05, 3.63) is 60.4 Å². The Morgan fingerprint density at radius 3 is 2.68 bits per heavy atom. The molecule has 1 saturated heterocycles. The van der Waals surface area contributed by atoms with Crippen molar-refractivity contribution in [2.45, 2.75) is 25.8 Å². The van der Waals surface area contributed by atoms with Gasteiger partial charge >= 0.3 is 5.97 Å². The molecule has 3 aromatic heterocycles. The number of ether oxygens (including phenoxy) is 1. The molecule has 1 aliphatic heterocycles. The molecule has 31 heavy (non-hydrogen) atoms. The lowest BCUT2D eigenvalue weighted by Crippen LogP contribution is -2.29. The van der Waals surface area contributed by atoms with Gasteiger partial charge in [-0.25, -0.2) is 9.78 Å². The molecule has 0 radical (unpaired) electrons. The molecule has 1 aliphatic rings. The predicted octanol–water partition coefficient (Wildman–Crippen LogP) is 4.40. The second-order valence-corrected chi connectivity index (χ2v) is 8.50. The van der Waals surface area contributed by atoms with E-state index in [4.69, 9.17) is 14.7 Å². The zero-order valence-electron chi connectivity index (χ0n) is 17.1. The van der Waals surface area contributed by atoms with Crippen LogP contribution in [0.4, 0.5) is 5.13 Å². The van der Waals surface area contributed by atoms with Crippen molar-refractivity contribution < 1.29 is 9.53 Å². The first kappa shape index (κ1) is 19.7. The fourth-order valence-corrected chi connectivity index (χ4v) is 4.83. The SMILES string of the molecule is O=C(OCCn1cccn1)c1cc(-c2ccccc2)nc2nc(N3CCCCC3)sc12. The van der Waals surface area contributed by atoms with Gasteiger partial charge in [0.15, 0.2) is 10.8 Å². The van der Waals surface area contributed by atoms with Gasteiger partial charge in [-0.1, -0.05) is 41.7 Å². The highest BCUT2D eigenvalue weighted by molar-refractivity contribution is 7.22. The number of carbonyl (C=O) groups is 1. The van der Waals surface area contributed by atoms with Gasteiger partial charge in [-0.15, -0.1) is 0 Å². The summed E-state index contributed by atoms with van der Waals surface area (Å²) in [4.78, 5) is 24.9. The molecule has 0 aliphatic carbocycles. The maximum absolute atomic E-state index is 13.0. The molecule has 0 saturated carbocycles. The third-order valence-corrected chi connectivity index (χ3v) is 6.52. The molecule has 158 valence electrons. The topological polar surface area (TPSA) is 73.1 Å². The number of piperidine rings is 1. The minimum atomic E-state index is -0.356. The Labute approximate surface area is 184 Å². The number of anilines is 1. The molecule has 0 N–H and O–H groups in total. The lowest BCUT2D eigenvalue weighted by Gasteiger charge is -2.25. The van der Waals surface area contributed by atoms with Crippen molar-refractivity contribution in [2.24, 2.45) is 0 Å². The second kappa shape index (κ2) is 8.85. The standard InChI is InChI=1S/C23H23N5O2S/c29-22(30-15-14-28-13-7-10-24-28)18-16-19(17-8-3-1-4-9-17)25-21-20(18)31-23(26-21)27-11-5-2-6-12-27/h1,3-4,7-10,13,16H,2,5-6,11-12,14-15H2. The molecule has 1 aromatic carbocycles. The summed E-state index contributed by atoms with van der Waals surface area (Å²) in [6.45, 7) is 2.76. The highest BCUT2D eigenvalue weighted by atomic mass is 32.1. The van der Waals surface area contributed by atoms with Crippen LogP contribution in [0.1, 0.15) is 29.6 Å². The number of thiazole rings is 1. The van der Waals surface area contributed by atoms with Gasteiger partial charge < -0.3 is 9.64 Å². The van der Waals surface area contributed by atoms with Crippen LogP contribution in [-0.2, 0) is 11.3 Å². The highest BCUT2D eigenvalue weighted by Crippen LogP contribution is 2.34. The number of esters is 1. The fourth-order valence-electron chi connectivity index (χ4n) is 3.77. The smallest absolute Gasteiger partial charge is 0.339 e. The molecular formula is C23H23N5O2S. The maximum atomic E-state index is 13.0. The first-order valence-corrected chi connectivity index (χ1v) is 11.4. The number of fused-ring (bicyclic) bond motifs is 1. The first-order valence-electron chi connectivity index (χ1n) is 10.5. The summed E-state index contributed by atoms with van der Waals surface area (Å²) >= 11 is 1.53. The van der Waals surface area contributed by atoms with E-state index in [1.807, 2.05) is 48.7 Å². The molecule has 5 rings (SSSR count). The Morgan fingerprint density at radius 1 is 1.06 bits per heavy atom. The highest BCUT2D eigenvalue weighted by Gasteiger charge is 2.22. The Bertz CT molecular complexity index is 1170. The molecule has 0 spiro atoms. The number of aromatic nitrogens is 4.